The average Bonchev–Trinajstić information content (AvgIpc) is 2.54. The standard InChI is InChI=1S/C17H19NO3/c1-18(12-16(19)13-8-4-3-5-9-13)15-11-7-6-10-14(15)17(20)21-2/h3-11,16,19H,12H2,1-2H3. The first kappa shape index (κ1) is 15.1. The zero-order valence-electron chi connectivity index (χ0n) is 12.2. The second-order valence-corrected chi connectivity index (χ2v) is 4.82. The third-order valence-corrected chi connectivity index (χ3v) is 3.35. The molecule has 4 heteroatoms. The van der Waals surface area contributed by atoms with E-state index in [9.17, 15) is 9.90 Å². The van der Waals surface area contributed by atoms with Gasteiger partial charge in [-0.3, -0.25) is 0 Å². The van der Waals surface area contributed by atoms with Crippen molar-refractivity contribution in [2.24, 2.45) is 0 Å². The number of methoxy groups -OCH3 is 1. The molecule has 1 atom stereocenters. The van der Waals surface area contributed by atoms with Crippen LogP contribution in [0.3, 0.4) is 0 Å². The van der Waals surface area contributed by atoms with E-state index in [0.717, 1.165) is 11.3 Å². The summed E-state index contributed by atoms with van der Waals surface area (Å²) in [4.78, 5) is 13.6. The molecule has 0 heterocycles. The first-order valence-electron chi connectivity index (χ1n) is 6.75. The zero-order chi connectivity index (χ0) is 15.2. The van der Waals surface area contributed by atoms with Crippen molar-refractivity contribution in [1.29, 1.82) is 0 Å². The van der Waals surface area contributed by atoms with Crippen LogP contribution in [0.5, 0.6) is 0 Å². The summed E-state index contributed by atoms with van der Waals surface area (Å²) in [5.41, 5.74) is 2.07. The van der Waals surface area contributed by atoms with Gasteiger partial charge < -0.3 is 14.7 Å². The van der Waals surface area contributed by atoms with Gasteiger partial charge in [-0.05, 0) is 17.7 Å². The third kappa shape index (κ3) is 3.61. The van der Waals surface area contributed by atoms with Gasteiger partial charge >= 0.3 is 5.97 Å². The van der Waals surface area contributed by atoms with Crippen LogP contribution in [0, 0.1) is 0 Å². The molecule has 0 amide bonds. The lowest BCUT2D eigenvalue weighted by atomic mass is 10.1. The molecule has 4 nitrogen and oxygen atoms in total. The normalized spacial score (nSPS) is 11.8. The van der Waals surface area contributed by atoms with Crippen LogP contribution < -0.4 is 4.90 Å². The predicted octanol–water partition coefficient (Wildman–Crippen LogP) is 2.64. The van der Waals surface area contributed by atoms with E-state index in [1.165, 1.54) is 7.11 Å². The van der Waals surface area contributed by atoms with Gasteiger partial charge in [-0.1, -0.05) is 42.5 Å². The quantitative estimate of drug-likeness (QED) is 0.858. The summed E-state index contributed by atoms with van der Waals surface area (Å²) in [7, 11) is 3.20. The number of likely N-dealkylation sites (N-methyl/N-ethyl adjacent to an activating group) is 1. The highest BCUT2D eigenvalue weighted by atomic mass is 16.5. The highest BCUT2D eigenvalue weighted by Gasteiger charge is 2.17. The molecular weight excluding hydrogens is 266 g/mol. The maximum Gasteiger partial charge on any atom is 0.339 e. The smallest absolute Gasteiger partial charge is 0.339 e. The molecular formula is C17H19NO3. The van der Waals surface area contributed by atoms with Crippen molar-refractivity contribution < 1.29 is 14.6 Å². The number of nitrogens with zero attached hydrogens (tertiary/aromatic N) is 1. The fraction of sp³-hybridized carbons (Fsp3) is 0.235. The lowest BCUT2D eigenvalue weighted by molar-refractivity contribution is 0.0601. The summed E-state index contributed by atoms with van der Waals surface area (Å²) in [5.74, 6) is -0.383. The van der Waals surface area contributed by atoms with Crippen molar-refractivity contribution >= 4 is 11.7 Å². The molecule has 0 radical (unpaired) electrons. The number of esters is 1. The van der Waals surface area contributed by atoms with Crippen LogP contribution in [-0.4, -0.2) is 31.8 Å². The molecule has 2 aromatic carbocycles. The van der Waals surface area contributed by atoms with Gasteiger partial charge in [-0.25, -0.2) is 4.79 Å². The number of rotatable bonds is 5. The van der Waals surface area contributed by atoms with Crippen LogP contribution in [0.15, 0.2) is 54.6 Å². The van der Waals surface area contributed by atoms with Crippen molar-refractivity contribution in [3.8, 4) is 0 Å². The fourth-order valence-corrected chi connectivity index (χ4v) is 2.23. The highest BCUT2D eigenvalue weighted by molar-refractivity contribution is 5.95. The summed E-state index contributed by atoms with van der Waals surface area (Å²) >= 11 is 0. The first-order valence-corrected chi connectivity index (χ1v) is 6.75. The third-order valence-electron chi connectivity index (χ3n) is 3.35. The second kappa shape index (κ2) is 6.90. The molecule has 0 fully saturated rings. The fourth-order valence-electron chi connectivity index (χ4n) is 2.23. The van der Waals surface area contributed by atoms with E-state index in [0.29, 0.717) is 12.1 Å². The van der Waals surface area contributed by atoms with Gasteiger partial charge in [-0.2, -0.15) is 0 Å². The van der Waals surface area contributed by atoms with Crippen LogP contribution in [0.1, 0.15) is 22.0 Å². The molecule has 0 saturated carbocycles. The molecule has 0 aromatic heterocycles. The molecule has 0 saturated heterocycles. The molecule has 0 spiro atoms. The summed E-state index contributed by atoms with van der Waals surface area (Å²) in [6, 6.07) is 16.6. The molecule has 1 unspecified atom stereocenters. The highest BCUT2D eigenvalue weighted by Crippen LogP contribution is 2.23. The number of benzene rings is 2. The number of para-hydroxylation sites is 1. The van der Waals surface area contributed by atoms with Crippen LogP contribution in [0.25, 0.3) is 0 Å². The second-order valence-electron chi connectivity index (χ2n) is 4.82. The van der Waals surface area contributed by atoms with Gasteiger partial charge in [0.15, 0.2) is 0 Å². The van der Waals surface area contributed by atoms with E-state index in [1.54, 1.807) is 12.1 Å². The Bertz CT molecular complexity index is 598. The zero-order valence-corrected chi connectivity index (χ0v) is 12.2. The number of hydrogen-bond donors (Lipinski definition) is 1. The molecule has 0 aliphatic heterocycles. The Hall–Kier alpha value is -2.33. The van der Waals surface area contributed by atoms with E-state index < -0.39 is 6.10 Å². The van der Waals surface area contributed by atoms with Crippen molar-refractivity contribution in [3.05, 3.63) is 65.7 Å². The number of aliphatic hydroxyl groups excluding tert-OH is 1. The van der Waals surface area contributed by atoms with E-state index in [1.807, 2.05) is 54.4 Å². The van der Waals surface area contributed by atoms with Gasteiger partial charge in [0, 0.05) is 13.6 Å². The maximum absolute atomic E-state index is 11.8. The molecule has 0 aliphatic rings. The monoisotopic (exact) mass is 285 g/mol. The van der Waals surface area contributed by atoms with E-state index >= 15 is 0 Å². The Morgan fingerprint density at radius 2 is 1.76 bits per heavy atom. The van der Waals surface area contributed by atoms with Crippen molar-refractivity contribution in [2.45, 2.75) is 6.10 Å². The Kier molecular flexibility index (Phi) is 4.95. The Balaban J connectivity index is 2.17. The van der Waals surface area contributed by atoms with Gasteiger partial charge in [-0.15, -0.1) is 0 Å². The topological polar surface area (TPSA) is 49.8 Å². The molecule has 2 aromatic rings. The minimum absolute atomic E-state index is 0.383. The number of anilines is 1. The Labute approximate surface area is 124 Å². The number of aliphatic hydroxyl groups is 1. The molecule has 2 rings (SSSR count). The lowest BCUT2D eigenvalue weighted by Gasteiger charge is -2.24. The van der Waals surface area contributed by atoms with Crippen molar-refractivity contribution in [2.75, 3.05) is 25.6 Å². The van der Waals surface area contributed by atoms with E-state index in [4.69, 9.17) is 4.74 Å². The van der Waals surface area contributed by atoms with Gasteiger partial charge in [0.05, 0.1) is 24.5 Å². The molecule has 110 valence electrons. The Morgan fingerprint density at radius 1 is 1.14 bits per heavy atom. The lowest BCUT2D eigenvalue weighted by Crippen LogP contribution is -2.26. The van der Waals surface area contributed by atoms with E-state index in [-0.39, 0.29) is 5.97 Å². The maximum atomic E-state index is 11.8. The van der Waals surface area contributed by atoms with Crippen molar-refractivity contribution in [1.82, 2.24) is 0 Å². The number of carbonyl (C=O) groups excluding carboxylic acids is 1. The summed E-state index contributed by atoms with van der Waals surface area (Å²) in [6.07, 6.45) is -0.623. The van der Waals surface area contributed by atoms with Gasteiger partial charge in [0.2, 0.25) is 0 Å². The van der Waals surface area contributed by atoms with Crippen LogP contribution >= 0.6 is 0 Å². The van der Waals surface area contributed by atoms with Crippen LogP contribution in [-0.2, 0) is 4.74 Å². The van der Waals surface area contributed by atoms with Crippen LogP contribution in [0.2, 0.25) is 0 Å². The summed E-state index contributed by atoms with van der Waals surface area (Å²) in [5, 5.41) is 10.3. The number of hydrogen-bond acceptors (Lipinski definition) is 4. The summed E-state index contributed by atoms with van der Waals surface area (Å²) in [6.45, 7) is 0.387. The predicted molar refractivity (Wildman–Crippen MR) is 82.5 cm³/mol. The van der Waals surface area contributed by atoms with Crippen molar-refractivity contribution in [3.63, 3.8) is 0 Å². The minimum Gasteiger partial charge on any atom is -0.465 e. The number of carbonyl (C=O) groups is 1. The molecule has 21 heavy (non-hydrogen) atoms. The van der Waals surface area contributed by atoms with Crippen LogP contribution in [0.4, 0.5) is 5.69 Å². The molecule has 1 N–H and O–H groups in total. The number of ether oxygens (including phenoxy) is 1. The SMILES string of the molecule is COC(=O)c1ccccc1N(C)CC(O)c1ccccc1. The van der Waals surface area contributed by atoms with E-state index in [2.05, 4.69) is 0 Å². The largest absolute Gasteiger partial charge is 0.465 e. The minimum atomic E-state index is -0.623. The molecule has 0 aliphatic carbocycles. The Morgan fingerprint density at radius 3 is 2.43 bits per heavy atom. The average molecular weight is 285 g/mol. The first-order chi connectivity index (χ1) is 10.1. The van der Waals surface area contributed by atoms with Gasteiger partial charge in [0.25, 0.3) is 0 Å². The van der Waals surface area contributed by atoms with Gasteiger partial charge in [0.1, 0.15) is 0 Å². The molecule has 0 bridgehead atoms. The summed E-state index contributed by atoms with van der Waals surface area (Å²) < 4.78 is 4.79.